The Morgan fingerprint density at radius 1 is 1.05 bits per heavy atom. The summed E-state index contributed by atoms with van der Waals surface area (Å²) in [6.45, 7) is 4.12. The fraction of sp³-hybridized carbons (Fsp3) is 0.167. The molecule has 0 saturated heterocycles. The van der Waals surface area contributed by atoms with E-state index in [4.69, 9.17) is 0 Å². The summed E-state index contributed by atoms with van der Waals surface area (Å²) in [7, 11) is 0. The van der Waals surface area contributed by atoms with Crippen LogP contribution in [0.4, 0.5) is 5.69 Å². The lowest BCUT2D eigenvalue weighted by Gasteiger charge is -2.14. The molecular formula is C18H19NO. The van der Waals surface area contributed by atoms with Crippen molar-refractivity contribution in [1.29, 1.82) is 0 Å². The second kappa shape index (κ2) is 6.71. The lowest BCUT2D eigenvalue weighted by molar-refractivity contribution is 0.102. The van der Waals surface area contributed by atoms with Crippen molar-refractivity contribution >= 4 is 11.6 Å². The molecule has 0 aliphatic rings. The molecule has 0 aliphatic carbocycles. The van der Waals surface area contributed by atoms with Crippen LogP contribution in [0.5, 0.6) is 0 Å². The Labute approximate surface area is 120 Å². The van der Waals surface area contributed by atoms with Gasteiger partial charge in [0.05, 0.1) is 0 Å². The molecule has 1 amide bonds. The minimum absolute atomic E-state index is 0.0780. The summed E-state index contributed by atoms with van der Waals surface area (Å²) in [5, 5.41) is 2.99. The van der Waals surface area contributed by atoms with Gasteiger partial charge in [0.1, 0.15) is 0 Å². The molecule has 1 N–H and O–H groups in total. The molecule has 2 aromatic carbocycles. The predicted molar refractivity (Wildman–Crippen MR) is 84.1 cm³/mol. The van der Waals surface area contributed by atoms with Gasteiger partial charge in [-0.2, -0.15) is 0 Å². The van der Waals surface area contributed by atoms with Gasteiger partial charge in [-0.05, 0) is 30.7 Å². The summed E-state index contributed by atoms with van der Waals surface area (Å²) in [6.07, 6.45) is 4.15. The highest BCUT2D eigenvalue weighted by Gasteiger charge is 2.11. The van der Waals surface area contributed by atoms with E-state index in [2.05, 4.69) is 18.3 Å². The standard InChI is InChI=1S/C18H19NO/c1-3-9-14(2)16-12-7-8-13-17(16)19-18(20)15-10-5-4-6-11-15/h3-14H,1-2H3,(H,19,20). The third-order valence-electron chi connectivity index (χ3n) is 3.22. The van der Waals surface area contributed by atoms with Gasteiger partial charge >= 0.3 is 0 Å². The summed E-state index contributed by atoms with van der Waals surface area (Å²) in [5.41, 5.74) is 2.66. The number of para-hydroxylation sites is 1. The number of hydrogen-bond acceptors (Lipinski definition) is 1. The Hall–Kier alpha value is -2.35. The number of hydrogen-bond donors (Lipinski definition) is 1. The van der Waals surface area contributed by atoms with Gasteiger partial charge in [-0.1, -0.05) is 55.5 Å². The number of carbonyl (C=O) groups is 1. The van der Waals surface area contributed by atoms with Crippen molar-refractivity contribution in [2.24, 2.45) is 0 Å². The number of amides is 1. The van der Waals surface area contributed by atoms with Crippen LogP contribution >= 0.6 is 0 Å². The van der Waals surface area contributed by atoms with Crippen molar-refractivity contribution in [2.45, 2.75) is 19.8 Å². The molecular weight excluding hydrogens is 246 g/mol. The molecule has 0 saturated carbocycles. The first-order valence-corrected chi connectivity index (χ1v) is 6.80. The van der Waals surface area contributed by atoms with E-state index >= 15 is 0 Å². The third-order valence-corrected chi connectivity index (χ3v) is 3.22. The zero-order valence-corrected chi connectivity index (χ0v) is 11.8. The second-order valence-electron chi connectivity index (χ2n) is 4.72. The lowest BCUT2D eigenvalue weighted by Crippen LogP contribution is -2.13. The topological polar surface area (TPSA) is 29.1 Å². The molecule has 0 aromatic heterocycles. The molecule has 0 spiro atoms. The van der Waals surface area contributed by atoms with E-state index in [1.807, 2.05) is 67.6 Å². The van der Waals surface area contributed by atoms with E-state index in [0.29, 0.717) is 5.56 Å². The maximum Gasteiger partial charge on any atom is 0.255 e. The Kier molecular flexibility index (Phi) is 4.72. The monoisotopic (exact) mass is 265 g/mol. The molecule has 0 heterocycles. The highest BCUT2D eigenvalue weighted by Crippen LogP contribution is 2.25. The summed E-state index contributed by atoms with van der Waals surface area (Å²) >= 11 is 0. The van der Waals surface area contributed by atoms with Gasteiger partial charge in [0.2, 0.25) is 0 Å². The predicted octanol–water partition coefficient (Wildman–Crippen LogP) is 4.62. The van der Waals surface area contributed by atoms with E-state index in [9.17, 15) is 4.79 Å². The smallest absolute Gasteiger partial charge is 0.255 e. The molecule has 0 bridgehead atoms. The van der Waals surface area contributed by atoms with E-state index in [1.54, 1.807) is 0 Å². The van der Waals surface area contributed by atoms with Crippen LogP contribution in [0.1, 0.15) is 35.7 Å². The molecule has 2 heteroatoms. The quantitative estimate of drug-likeness (QED) is 0.803. The van der Waals surface area contributed by atoms with Crippen molar-refractivity contribution in [3.63, 3.8) is 0 Å². The Morgan fingerprint density at radius 3 is 2.40 bits per heavy atom. The van der Waals surface area contributed by atoms with Crippen LogP contribution in [0, 0.1) is 0 Å². The normalized spacial score (nSPS) is 12.3. The Bertz CT molecular complexity index is 602. The van der Waals surface area contributed by atoms with Crippen LogP contribution in [0.25, 0.3) is 0 Å². The first-order chi connectivity index (χ1) is 9.72. The number of nitrogens with one attached hydrogen (secondary N) is 1. The van der Waals surface area contributed by atoms with Gasteiger partial charge in [-0.3, -0.25) is 4.79 Å². The molecule has 1 unspecified atom stereocenters. The highest BCUT2D eigenvalue weighted by molar-refractivity contribution is 6.04. The van der Waals surface area contributed by atoms with Crippen molar-refractivity contribution in [2.75, 3.05) is 5.32 Å². The summed E-state index contributed by atoms with van der Waals surface area (Å²) in [5.74, 6) is 0.193. The largest absolute Gasteiger partial charge is 0.322 e. The minimum Gasteiger partial charge on any atom is -0.322 e. The van der Waals surface area contributed by atoms with Gasteiger partial charge in [0.15, 0.2) is 0 Å². The minimum atomic E-state index is -0.0780. The Morgan fingerprint density at radius 2 is 1.70 bits per heavy atom. The first kappa shape index (κ1) is 14.1. The second-order valence-corrected chi connectivity index (χ2v) is 4.72. The van der Waals surface area contributed by atoms with E-state index in [0.717, 1.165) is 11.3 Å². The molecule has 102 valence electrons. The molecule has 2 aromatic rings. The van der Waals surface area contributed by atoms with Crippen LogP contribution in [-0.4, -0.2) is 5.91 Å². The number of carbonyl (C=O) groups excluding carboxylic acids is 1. The first-order valence-electron chi connectivity index (χ1n) is 6.80. The molecule has 2 rings (SSSR count). The van der Waals surface area contributed by atoms with E-state index < -0.39 is 0 Å². The number of allylic oxidation sites excluding steroid dienone is 2. The molecule has 0 radical (unpaired) electrons. The van der Waals surface area contributed by atoms with Crippen LogP contribution in [0.3, 0.4) is 0 Å². The molecule has 20 heavy (non-hydrogen) atoms. The fourth-order valence-electron chi connectivity index (χ4n) is 2.18. The highest BCUT2D eigenvalue weighted by atomic mass is 16.1. The maximum atomic E-state index is 12.2. The average Bonchev–Trinajstić information content (AvgIpc) is 2.49. The van der Waals surface area contributed by atoms with Crippen LogP contribution in [-0.2, 0) is 0 Å². The summed E-state index contributed by atoms with van der Waals surface area (Å²) in [4.78, 5) is 12.2. The molecule has 0 fully saturated rings. The maximum absolute atomic E-state index is 12.2. The molecule has 1 atom stereocenters. The average molecular weight is 265 g/mol. The van der Waals surface area contributed by atoms with Crippen LogP contribution in [0.2, 0.25) is 0 Å². The number of anilines is 1. The van der Waals surface area contributed by atoms with Gasteiger partial charge < -0.3 is 5.32 Å². The zero-order chi connectivity index (χ0) is 14.4. The van der Waals surface area contributed by atoms with Crippen LogP contribution in [0.15, 0.2) is 66.7 Å². The van der Waals surface area contributed by atoms with Gasteiger partial charge in [-0.15, -0.1) is 0 Å². The molecule has 0 aliphatic heterocycles. The zero-order valence-electron chi connectivity index (χ0n) is 11.8. The lowest BCUT2D eigenvalue weighted by atomic mass is 9.98. The number of rotatable bonds is 4. The summed E-state index contributed by atoms with van der Waals surface area (Å²) in [6, 6.07) is 17.2. The number of benzene rings is 2. The van der Waals surface area contributed by atoms with Crippen molar-refractivity contribution in [3.8, 4) is 0 Å². The van der Waals surface area contributed by atoms with E-state index in [-0.39, 0.29) is 11.8 Å². The molecule has 2 nitrogen and oxygen atoms in total. The van der Waals surface area contributed by atoms with Crippen molar-refractivity contribution < 1.29 is 4.79 Å². The van der Waals surface area contributed by atoms with Gasteiger partial charge in [0.25, 0.3) is 5.91 Å². The van der Waals surface area contributed by atoms with E-state index in [1.165, 1.54) is 0 Å². The SMILES string of the molecule is CC=CC(C)c1ccccc1NC(=O)c1ccccc1. The Balaban J connectivity index is 2.24. The van der Waals surface area contributed by atoms with Crippen molar-refractivity contribution in [3.05, 3.63) is 77.9 Å². The summed E-state index contributed by atoms with van der Waals surface area (Å²) < 4.78 is 0. The fourth-order valence-corrected chi connectivity index (χ4v) is 2.18. The van der Waals surface area contributed by atoms with Gasteiger partial charge in [-0.25, -0.2) is 0 Å². The van der Waals surface area contributed by atoms with Crippen molar-refractivity contribution in [1.82, 2.24) is 0 Å². The van der Waals surface area contributed by atoms with Gasteiger partial charge in [0, 0.05) is 17.2 Å². The third kappa shape index (κ3) is 3.35. The van der Waals surface area contributed by atoms with Crippen LogP contribution < -0.4 is 5.32 Å².